The Morgan fingerprint density at radius 3 is 2.55 bits per heavy atom. The summed E-state index contributed by atoms with van der Waals surface area (Å²) in [5.74, 6) is 0. The number of nitrogens with zero attached hydrogens (tertiary/aromatic N) is 1. The first-order valence-corrected chi connectivity index (χ1v) is 9.12. The first kappa shape index (κ1) is 15.1. The minimum atomic E-state index is -3.51. The number of fused-ring (bicyclic) bond motifs is 1. The third-order valence-electron chi connectivity index (χ3n) is 4.22. The van der Waals surface area contributed by atoms with Crippen LogP contribution in [0.25, 0.3) is 0 Å². The molecule has 22 heavy (non-hydrogen) atoms. The Balaban J connectivity index is 2.14. The summed E-state index contributed by atoms with van der Waals surface area (Å²) in [6, 6.07) is 13.3. The van der Waals surface area contributed by atoms with Crippen LogP contribution in [0.3, 0.4) is 0 Å². The van der Waals surface area contributed by atoms with Crippen molar-refractivity contribution in [1.82, 2.24) is 0 Å². The molecule has 2 aromatic rings. The standard InChI is InChI=1S/C18H21NO2S/c1-14-10-11-17-16(13-14)8-5-6-12-19(17)22(20,21)18-9-4-3-7-15(18)2/h3-4,7,9-11,13H,5-6,8,12H2,1-2H3. The second-order valence-corrected chi connectivity index (χ2v) is 7.76. The predicted molar refractivity (Wildman–Crippen MR) is 89.8 cm³/mol. The lowest BCUT2D eigenvalue weighted by Gasteiger charge is -2.25. The second-order valence-electron chi connectivity index (χ2n) is 5.93. The topological polar surface area (TPSA) is 37.4 Å². The van der Waals surface area contributed by atoms with Gasteiger partial charge in [-0.3, -0.25) is 4.31 Å². The molecule has 116 valence electrons. The first-order valence-electron chi connectivity index (χ1n) is 7.68. The highest BCUT2D eigenvalue weighted by molar-refractivity contribution is 7.92. The predicted octanol–water partition coefficient (Wildman–Crippen LogP) is 3.84. The van der Waals surface area contributed by atoms with Gasteiger partial charge in [0.2, 0.25) is 0 Å². The van der Waals surface area contributed by atoms with Crippen LogP contribution in [0.2, 0.25) is 0 Å². The summed E-state index contributed by atoms with van der Waals surface area (Å²) in [4.78, 5) is 0.406. The molecule has 0 saturated heterocycles. The van der Waals surface area contributed by atoms with E-state index in [1.807, 2.05) is 38.1 Å². The summed E-state index contributed by atoms with van der Waals surface area (Å²) in [5.41, 5.74) is 3.94. The molecule has 1 aliphatic rings. The minimum Gasteiger partial charge on any atom is -0.266 e. The van der Waals surface area contributed by atoms with Gasteiger partial charge in [-0.15, -0.1) is 0 Å². The van der Waals surface area contributed by atoms with E-state index >= 15 is 0 Å². The van der Waals surface area contributed by atoms with Crippen molar-refractivity contribution in [2.75, 3.05) is 10.8 Å². The maximum Gasteiger partial charge on any atom is 0.264 e. The molecule has 3 nitrogen and oxygen atoms in total. The number of anilines is 1. The summed E-state index contributed by atoms with van der Waals surface area (Å²) in [6.45, 7) is 4.44. The normalized spacial score (nSPS) is 15.3. The van der Waals surface area contributed by atoms with Crippen LogP contribution in [0.5, 0.6) is 0 Å². The summed E-state index contributed by atoms with van der Waals surface area (Å²) >= 11 is 0. The average molecular weight is 315 g/mol. The van der Waals surface area contributed by atoms with E-state index < -0.39 is 10.0 Å². The molecule has 1 heterocycles. The van der Waals surface area contributed by atoms with Gasteiger partial charge in [0.05, 0.1) is 10.6 Å². The van der Waals surface area contributed by atoms with Gasteiger partial charge < -0.3 is 0 Å². The zero-order valence-electron chi connectivity index (χ0n) is 13.0. The van der Waals surface area contributed by atoms with Crippen molar-refractivity contribution in [2.45, 2.75) is 38.0 Å². The van der Waals surface area contributed by atoms with E-state index in [0.29, 0.717) is 11.4 Å². The van der Waals surface area contributed by atoms with Crippen molar-refractivity contribution in [3.8, 4) is 0 Å². The molecule has 4 heteroatoms. The van der Waals surface area contributed by atoms with Crippen molar-refractivity contribution in [3.63, 3.8) is 0 Å². The van der Waals surface area contributed by atoms with Gasteiger partial charge in [-0.1, -0.05) is 35.9 Å². The summed E-state index contributed by atoms with van der Waals surface area (Å²) in [7, 11) is -3.51. The quantitative estimate of drug-likeness (QED) is 0.844. The lowest BCUT2D eigenvalue weighted by atomic mass is 10.1. The molecular formula is C18H21NO2S. The molecule has 0 aliphatic carbocycles. The first-order chi connectivity index (χ1) is 10.5. The molecule has 0 atom stereocenters. The molecule has 0 fully saturated rings. The van der Waals surface area contributed by atoms with Crippen molar-refractivity contribution >= 4 is 15.7 Å². The largest absolute Gasteiger partial charge is 0.266 e. The van der Waals surface area contributed by atoms with Gasteiger partial charge in [-0.05, 0) is 56.4 Å². The monoisotopic (exact) mass is 315 g/mol. The van der Waals surface area contributed by atoms with E-state index in [1.54, 1.807) is 16.4 Å². The summed E-state index contributed by atoms with van der Waals surface area (Å²) < 4.78 is 27.9. The molecule has 2 aromatic carbocycles. The zero-order valence-corrected chi connectivity index (χ0v) is 13.9. The third kappa shape index (κ3) is 2.63. The van der Waals surface area contributed by atoms with Gasteiger partial charge in [0.15, 0.2) is 0 Å². The van der Waals surface area contributed by atoms with E-state index in [-0.39, 0.29) is 0 Å². The van der Waals surface area contributed by atoms with Crippen LogP contribution in [0.4, 0.5) is 5.69 Å². The van der Waals surface area contributed by atoms with E-state index in [9.17, 15) is 8.42 Å². The Hall–Kier alpha value is -1.81. The van der Waals surface area contributed by atoms with Gasteiger partial charge in [0.1, 0.15) is 0 Å². The van der Waals surface area contributed by atoms with Crippen LogP contribution in [0.1, 0.15) is 29.5 Å². The Labute approximate surface area is 132 Å². The second kappa shape index (κ2) is 5.76. The lowest BCUT2D eigenvalue weighted by molar-refractivity contribution is 0.588. The zero-order chi connectivity index (χ0) is 15.7. The van der Waals surface area contributed by atoms with Gasteiger partial charge in [-0.2, -0.15) is 0 Å². The van der Waals surface area contributed by atoms with Crippen molar-refractivity contribution in [1.29, 1.82) is 0 Å². The Morgan fingerprint density at radius 2 is 1.77 bits per heavy atom. The highest BCUT2D eigenvalue weighted by Gasteiger charge is 2.28. The average Bonchev–Trinajstić information content (AvgIpc) is 2.69. The molecule has 0 bridgehead atoms. The van der Waals surface area contributed by atoms with E-state index in [4.69, 9.17) is 0 Å². The van der Waals surface area contributed by atoms with Crippen LogP contribution < -0.4 is 4.31 Å². The molecule has 0 amide bonds. The van der Waals surface area contributed by atoms with Crippen molar-refractivity contribution in [2.24, 2.45) is 0 Å². The SMILES string of the molecule is Cc1ccc2c(c1)CCCCN2S(=O)(=O)c1ccccc1C. The third-order valence-corrected chi connectivity index (χ3v) is 6.20. The van der Waals surface area contributed by atoms with E-state index in [0.717, 1.165) is 36.1 Å². The Bertz CT molecular complexity index is 796. The molecule has 0 aromatic heterocycles. The lowest BCUT2D eigenvalue weighted by Crippen LogP contribution is -2.32. The van der Waals surface area contributed by atoms with E-state index in [1.165, 1.54) is 5.56 Å². The molecule has 0 N–H and O–H groups in total. The number of benzene rings is 2. The number of aryl methyl sites for hydroxylation is 3. The number of rotatable bonds is 2. The number of hydrogen-bond acceptors (Lipinski definition) is 2. The number of hydrogen-bond donors (Lipinski definition) is 0. The smallest absolute Gasteiger partial charge is 0.264 e. The van der Waals surface area contributed by atoms with Gasteiger partial charge in [0, 0.05) is 6.54 Å². The Kier molecular flexibility index (Phi) is 3.96. The van der Waals surface area contributed by atoms with Gasteiger partial charge in [-0.25, -0.2) is 8.42 Å². The Morgan fingerprint density at radius 1 is 1.00 bits per heavy atom. The van der Waals surface area contributed by atoms with Crippen molar-refractivity contribution in [3.05, 3.63) is 59.2 Å². The molecular weight excluding hydrogens is 294 g/mol. The minimum absolute atomic E-state index is 0.406. The summed E-state index contributed by atoms with van der Waals surface area (Å²) in [5, 5.41) is 0. The number of sulfonamides is 1. The van der Waals surface area contributed by atoms with Crippen LogP contribution in [-0.4, -0.2) is 15.0 Å². The van der Waals surface area contributed by atoms with Crippen LogP contribution in [0, 0.1) is 13.8 Å². The fraction of sp³-hybridized carbons (Fsp3) is 0.333. The molecule has 0 radical (unpaired) electrons. The summed E-state index contributed by atoms with van der Waals surface area (Å²) in [6.07, 6.45) is 2.85. The maximum atomic E-state index is 13.1. The fourth-order valence-electron chi connectivity index (χ4n) is 3.06. The van der Waals surface area contributed by atoms with E-state index in [2.05, 4.69) is 6.07 Å². The van der Waals surface area contributed by atoms with Crippen LogP contribution in [0.15, 0.2) is 47.4 Å². The van der Waals surface area contributed by atoms with Gasteiger partial charge in [0.25, 0.3) is 10.0 Å². The fourth-order valence-corrected chi connectivity index (χ4v) is 4.83. The van der Waals surface area contributed by atoms with Crippen LogP contribution >= 0.6 is 0 Å². The molecule has 0 unspecified atom stereocenters. The van der Waals surface area contributed by atoms with Gasteiger partial charge >= 0.3 is 0 Å². The van der Waals surface area contributed by atoms with Crippen molar-refractivity contribution < 1.29 is 8.42 Å². The highest BCUT2D eigenvalue weighted by atomic mass is 32.2. The molecule has 3 rings (SSSR count). The molecule has 0 saturated carbocycles. The highest BCUT2D eigenvalue weighted by Crippen LogP contribution is 2.32. The maximum absolute atomic E-state index is 13.1. The van der Waals surface area contributed by atoms with Crippen LogP contribution in [-0.2, 0) is 16.4 Å². The molecule has 0 spiro atoms. The molecule has 1 aliphatic heterocycles.